The maximum absolute atomic E-state index is 11.8. The highest BCUT2D eigenvalue weighted by Gasteiger charge is 2.54. The SMILES string of the molecule is CCC(C)(C)C(CC)(C(=O)O)C(C(=O)O)=C(C)C. The van der Waals surface area contributed by atoms with Crippen molar-refractivity contribution < 1.29 is 19.8 Å². The molecule has 0 fully saturated rings. The van der Waals surface area contributed by atoms with Crippen LogP contribution >= 0.6 is 0 Å². The average molecular weight is 256 g/mol. The molecule has 0 rings (SSSR count). The lowest BCUT2D eigenvalue weighted by Crippen LogP contribution is -2.48. The molecule has 0 aromatic heterocycles. The van der Waals surface area contributed by atoms with Crippen LogP contribution < -0.4 is 0 Å². The summed E-state index contributed by atoms with van der Waals surface area (Å²) in [4.78, 5) is 23.3. The highest BCUT2D eigenvalue weighted by atomic mass is 16.4. The van der Waals surface area contributed by atoms with Crippen LogP contribution in [0.2, 0.25) is 0 Å². The van der Waals surface area contributed by atoms with Crippen molar-refractivity contribution in [3.05, 3.63) is 11.1 Å². The van der Waals surface area contributed by atoms with Crippen molar-refractivity contribution in [2.75, 3.05) is 0 Å². The van der Waals surface area contributed by atoms with Crippen LogP contribution in [0.25, 0.3) is 0 Å². The third-order valence-electron chi connectivity index (χ3n) is 4.08. The first-order chi connectivity index (χ1) is 8.08. The summed E-state index contributed by atoms with van der Waals surface area (Å²) < 4.78 is 0. The predicted octanol–water partition coefficient (Wildman–Crippen LogP) is 3.32. The normalized spacial score (nSPS) is 14.8. The van der Waals surface area contributed by atoms with Gasteiger partial charge in [0, 0.05) is 0 Å². The van der Waals surface area contributed by atoms with E-state index in [0.717, 1.165) is 0 Å². The molecule has 18 heavy (non-hydrogen) atoms. The van der Waals surface area contributed by atoms with Crippen molar-refractivity contribution in [1.29, 1.82) is 0 Å². The molecule has 4 heteroatoms. The molecule has 0 aromatic rings. The van der Waals surface area contributed by atoms with Crippen molar-refractivity contribution >= 4 is 11.9 Å². The molecule has 0 aliphatic heterocycles. The summed E-state index contributed by atoms with van der Waals surface area (Å²) in [6.45, 7) is 10.6. The highest BCUT2D eigenvalue weighted by molar-refractivity contribution is 5.97. The summed E-state index contributed by atoms with van der Waals surface area (Å²) in [5.41, 5.74) is -1.41. The third-order valence-corrected chi connectivity index (χ3v) is 4.08. The monoisotopic (exact) mass is 256 g/mol. The first kappa shape index (κ1) is 16.7. The van der Waals surface area contributed by atoms with E-state index in [2.05, 4.69) is 0 Å². The number of hydrogen-bond acceptors (Lipinski definition) is 2. The van der Waals surface area contributed by atoms with Gasteiger partial charge in [0.1, 0.15) is 5.41 Å². The summed E-state index contributed by atoms with van der Waals surface area (Å²) in [6, 6.07) is 0. The lowest BCUT2D eigenvalue weighted by molar-refractivity contribution is -0.157. The zero-order valence-corrected chi connectivity index (χ0v) is 12.1. The van der Waals surface area contributed by atoms with E-state index in [0.29, 0.717) is 12.0 Å². The second kappa shape index (κ2) is 5.55. The Hall–Kier alpha value is -1.32. The molecule has 104 valence electrons. The smallest absolute Gasteiger partial charge is 0.332 e. The zero-order chi connectivity index (χ0) is 14.7. The van der Waals surface area contributed by atoms with Gasteiger partial charge in [-0.05, 0) is 32.1 Å². The molecule has 1 atom stereocenters. The molecule has 0 amide bonds. The van der Waals surface area contributed by atoms with E-state index in [-0.39, 0.29) is 12.0 Å². The van der Waals surface area contributed by atoms with Gasteiger partial charge in [0.25, 0.3) is 0 Å². The van der Waals surface area contributed by atoms with Gasteiger partial charge >= 0.3 is 11.9 Å². The lowest BCUT2D eigenvalue weighted by atomic mass is 9.58. The van der Waals surface area contributed by atoms with E-state index in [1.54, 1.807) is 20.8 Å². The van der Waals surface area contributed by atoms with Crippen LogP contribution in [0.5, 0.6) is 0 Å². The molecule has 0 aliphatic carbocycles. The molecule has 0 heterocycles. The minimum Gasteiger partial charge on any atom is -0.481 e. The number of hydrogen-bond donors (Lipinski definition) is 2. The van der Waals surface area contributed by atoms with Crippen LogP contribution in [-0.4, -0.2) is 22.2 Å². The molecule has 0 bridgehead atoms. The maximum Gasteiger partial charge on any atom is 0.332 e. The quantitative estimate of drug-likeness (QED) is 0.715. The highest BCUT2D eigenvalue weighted by Crippen LogP contribution is 2.50. The first-order valence-electron chi connectivity index (χ1n) is 6.23. The Bertz CT molecular complexity index is 375. The van der Waals surface area contributed by atoms with E-state index in [4.69, 9.17) is 0 Å². The van der Waals surface area contributed by atoms with E-state index < -0.39 is 22.8 Å². The molecule has 0 aromatic carbocycles. The fraction of sp³-hybridized carbons (Fsp3) is 0.714. The molecule has 0 radical (unpaired) electrons. The van der Waals surface area contributed by atoms with Gasteiger partial charge in [-0.15, -0.1) is 0 Å². The molecule has 0 spiro atoms. The number of rotatable bonds is 6. The van der Waals surface area contributed by atoms with Gasteiger partial charge in [-0.1, -0.05) is 33.3 Å². The molecule has 0 aliphatic rings. The van der Waals surface area contributed by atoms with Crippen molar-refractivity contribution in [3.8, 4) is 0 Å². The van der Waals surface area contributed by atoms with Gasteiger partial charge in [0.05, 0.1) is 5.57 Å². The molecule has 4 nitrogen and oxygen atoms in total. The van der Waals surface area contributed by atoms with E-state index in [9.17, 15) is 19.8 Å². The molecular weight excluding hydrogens is 232 g/mol. The van der Waals surface area contributed by atoms with Crippen molar-refractivity contribution in [3.63, 3.8) is 0 Å². The second-order valence-corrected chi connectivity index (χ2v) is 5.48. The van der Waals surface area contributed by atoms with Crippen LogP contribution in [0, 0.1) is 10.8 Å². The van der Waals surface area contributed by atoms with E-state index in [1.165, 1.54) is 0 Å². The Morgan fingerprint density at radius 1 is 1.00 bits per heavy atom. The van der Waals surface area contributed by atoms with Gasteiger partial charge in [-0.3, -0.25) is 4.79 Å². The predicted molar refractivity (Wildman–Crippen MR) is 70.4 cm³/mol. The number of aliphatic carboxylic acids is 2. The minimum absolute atomic E-state index is 0.0179. The van der Waals surface area contributed by atoms with Crippen LogP contribution in [0.15, 0.2) is 11.1 Å². The Morgan fingerprint density at radius 2 is 1.44 bits per heavy atom. The Labute approximate surface area is 109 Å². The number of allylic oxidation sites excluding steroid dienone is 1. The second-order valence-electron chi connectivity index (χ2n) is 5.48. The summed E-state index contributed by atoms with van der Waals surface area (Å²) in [5.74, 6) is -2.20. The molecule has 0 saturated carbocycles. The third kappa shape index (κ3) is 2.42. The fourth-order valence-electron chi connectivity index (χ4n) is 2.67. The lowest BCUT2D eigenvalue weighted by Gasteiger charge is -2.43. The maximum atomic E-state index is 11.8. The minimum atomic E-state index is -1.35. The standard InChI is InChI=1S/C14H24O4/c1-7-13(5,6)14(8-2,12(17)18)10(9(3)4)11(15)16/h7-8H2,1-6H3,(H,15,16)(H,17,18). The van der Waals surface area contributed by atoms with Gasteiger partial charge in [-0.2, -0.15) is 0 Å². The molecule has 2 N–H and O–H groups in total. The zero-order valence-electron chi connectivity index (χ0n) is 12.1. The summed E-state index contributed by atoms with van der Waals surface area (Å²) in [6.07, 6.45) is 0.854. The molecular formula is C14H24O4. The fourth-order valence-corrected chi connectivity index (χ4v) is 2.67. The van der Waals surface area contributed by atoms with Crippen LogP contribution in [0.4, 0.5) is 0 Å². The Balaban J connectivity index is 6.33. The van der Waals surface area contributed by atoms with Crippen LogP contribution in [-0.2, 0) is 9.59 Å². The first-order valence-corrected chi connectivity index (χ1v) is 6.23. The number of carboxylic acids is 2. The number of carboxylic acid groups (broad SMARTS) is 2. The Morgan fingerprint density at radius 3 is 1.61 bits per heavy atom. The van der Waals surface area contributed by atoms with Crippen molar-refractivity contribution in [2.45, 2.75) is 54.4 Å². The van der Waals surface area contributed by atoms with Crippen LogP contribution in [0.1, 0.15) is 54.4 Å². The summed E-state index contributed by atoms with van der Waals surface area (Å²) in [5, 5.41) is 19.1. The van der Waals surface area contributed by atoms with Gasteiger partial charge < -0.3 is 10.2 Å². The summed E-state index contributed by atoms with van der Waals surface area (Å²) >= 11 is 0. The van der Waals surface area contributed by atoms with E-state index in [1.807, 2.05) is 20.8 Å². The molecule has 1 unspecified atom stereocenters. The Kier molecular flexibility index (Phi) is 5.14. The largest absolute Gasteiger partial charge is 0.481 e. The van der Waals surface area contributed by atoms with Crippen LogP contribution in [0.3, 0.4) is 0 Å². The van der Waals surface area contributed by atoms with Gasteiger partial charge in [0.15, 0.2) is 0 Å². The van der Waals surface area contributed by atoms with Gasteiger partial charge in [-0.25, -0.2) is 4.79 Å². The van der Waals surface area contributed by atoms with Crippen molar-refractivity contribution in [1.82, 2.24) is 0 Å². The average Bonchev–Trinajstić information content (AvgIpc) is 2.23. The van der Waals surface area contributed by atoms with Gasteiger partial charge in [0.2, 0.25) is 0 Å². The number of carbonyl (C=O) groups is 2. The van der Waals surface area contributed by atoms with E-state index >= 15 is 0 Å². The summed E-state index contributed by atoms with van der Waals surface area (Å²) in [7, 11) is 0. The molecule has 0 saturated heterocycles. The van der Waals surface area contributed by atoms with Crippen molar-refractivity contribution in [2.24, 2.45) is 10.8 Å². The topological polar surface area (TPSA) is 74.6 Å².